The zero-order valence-corrected chi connectivity index (χ0v) is 19.4. The smallest absolute Gasteiger partial charge is 0.223 e. The predicted molar refractivity (Wildman–Crippen MR) is 126 cm³/mol. The predicted octanol–water partition coefficient (Wildman–Crippen LogP) is 3.79. The number of hydrogen-bond donors (Lipinski definition) is 1. The van der Waals surface area contributed by atoms with E-state index in [2.05, 4.69) is 10.4 Å². The summed E-state index contributed by atoms with van der Waals surface area (Å²) < 4.78 is 8.02. The fraction of sp³-hybridized carbons (Fsp3) is 0.462. The SMILES string of the molecule is Cc1cc(CNC(=O)C2CCc3nc(-c4ccccc4)nc(OCC4CC4)c3CC2)n(C)n1. The summed E-state index contributed by atoms with van der Waals surface area (Å²) in [5.41, 5.74) is 5.05. The fourth-order valence-electron chi connectivity index (χ4n) is 4.47. The Morgan fingerprint density at radius 2 is 1.91 bits per heavy atom. The molecule has 0 spiro atoms. The molecule has 1 unspecified atom stereocenters. The monoisotopic (exact) mass is 445 g/mol. The van der Waals surface area contributed by atoms with Gasteiger partial charge in [0, 0.05) is 24.1 Å². The topological polar surface area (TPSA) is 81.9 Å². The Bertz CT molecular complexity index is 1140. The Labute approximate surface area is 194 Å². The minimum absolute atomic E-state index is 0.0509. The van der Waals surface area contributed by atoms with Crippen LogP contribution in [0.5, 0.6) is 5.88 Å². The minimum atomic E-state index is -0.0509. The van der Waals surface area contributed by atoms with Crippen molar-refractivity contribution in [2.24, 2.45) is 18.9 Å². The number of aromatic nitrogens is 4. The number of nitrogens with zero attached hydrogens (tertiary/aromatic N) is 4. The molecule has 1 saturated carbocycles. The maximum atomic E-state index is 13.0. The minimum Gasteiger partial charge on any atom is -0.477 e. The number of amides is 1. The summed E-state index contributed by atoms with van der Waals surface area (Å²) in [5.74, 6) is 2.10. The quantitative estimate of drug-likeness (QED) is 0.560. The van der Waals surface area contributed by atoms with Crippen LogP contribution in [0.2, 0.25) is 0 Å². The third kappa shape index (κ3) is 5.07. The van der Waals surface area contributed by atoms with Gasteiger partial charge in [0.1, 0.15) is 0 Å². The summed E-state index contributed by atoms with van der Waals surface area (Å²) in [4.78, 5) is 22.7. The van der Waals surface area contributed by atoms with Gasteiger partial charge in [-0.2, -0.15) is 10.1 Å². The van der Waals surface area contributed by atoms with E-state index in [0.717, 1.165) is 53.9 Å². The summed E-state index contributed by atoms with van der Waals surface area (Å²) in [5, 5.41) is 7.47. The van der Waals surface area contributed by atoms with Gasteiger partial charge in [-0.3, -0.25) is 9.48 Å². The van der Waals surface area contributed by atoms with Gasteiger partial charge in [-0.1, -0.05) is 30.3 Å². The van der Waals surface area contributed by atoms with Gasteiger partial charge in [0.05, 0.1) is 30.2 Å². The third-order valence-corrected chi connectivity index (χ3v) is 6.63. The van der Waals surface area contributed by atoms with Crippen molar-refractivity contribution in [1.82, 2.24) is 25.1 Å². The molecule has 7 heteroatoms. The molecule has 1 aromatic carbocycles. The van der Waals surface area contributed by atoms with Crippen LogP contribution in [0.4, 0.5) is 0 Å². The second kappa shape index (κ2) is 9.33. The maximum absolute atomic E-state index is 13.0. The molecule has 0 saturated heterocycles. The van der Waals surface area contributed by atoms with Crippen LogP contribution in [0.3, 0.4) is 0 Å². The molecule has 1 amide bonds. The van der Waals surface area contributed by atoms with E-state index < -0.39 is 0 Å². The van der Waals surface area contributed by atoms with Crippen LogP contribution in [-0.2, 0) is 31.2 Å². The number of fused-ring (bicyclic) bond motifs is 1. The first-order valence-electron chi connectivity index (χ1n) is 11.9. The highest BCUT2D eigenvalue weighted by Crippen LogP contribution is 2.34. The van der Waals surface area contributed by atoms with Gasteiger partial charge in [0.15, 0.2) is 5.82 Å². The first-order valence-corrected chi connectivity index (χ1v) is 11.9. The van der Waals surface area contributed by atoms with E-state index >= 15 is 0 Å². The van der Waals surface area contributed by atoms with Crippen molar-refractivity contribution in [3.05, 3.63) is 59.0 Å². The molecule has 0 bridgehead atoms. The van der Waals surface area contributed by atoms with Crippen LogP contribution in [-0.4, -0.2) is 32.3 Å². The van der Waals surface area contributed by atoms with E-state index in [1.165, 1.54) is 12.8 Å². The largest absolute Gasteiger partial charge is 0.477 e. The molecule has 0 aliphatic heterocycles. The molecule has 5 rings (SSSR count). The maximum Gasteiger partial charge on any atom is 0.223 e. The molecule has 2 aliphatic rings. The summed E-state index contributed by atoms with van der Waals surface area (Å²) >= 11 is 0. The highest BCUT2D eigenvalue weighted by atomic mass is 16.5. The zero-order valence-electron chi connectivity index (χ0n) is 19.4. The Morgan fingerprint density at radius 1 is 1.12 bits per heavy atom. The van der Waals surface area contributed by atoms with E-state index in [1.807, 2.05) is 55.1 Å². The Morgan fingerprint density at radius 3 is 2.64 bits per heavy atom. The molecule has 2 aliphatic carbocycles. The fourth-order valence-corrected chi connectivity index (χ4v) is 4.47. The number of hydrogen-bond acceptors (Lipinski definition) is 5. The third-order valence-electron chi connectivity index (χ3n) is 6.63. The molecule has 1 fully saturated rings. The molecular formula is C26H31N5O2. The Balaban J connectivity index is 1.32. The van der Waals surface area contributed by atoms with Gasteiger partial charge in [-0.25, -0.2) is 4.98 Å². The second-order valence-corrected chi connectivity index (χ2v) is 9.29. The normalized spacial score (nSPS) is 17.8. The van der Waals surface area contributed by atoms with Crippen LogP contribution in [0, 0.1) is 18.8 Å². The lowest BCUT2D eigenvalue weighted by atomic mass is 9.99. The van der Waals surface area contributed by atoms with Crippen molar-refractivity contribution in [2.45, 2.75) is 52.0 Å². The Kier molecular flexibility index (Phi) is 6.11. The molecule has 33 heavy (non-hydrogen) atoms. The lowest BCUT2D eigenvalue weighted by Gasteiger charge is -2.14. The van der Waals surface area contributed by atoms with E-state index in [0.29, 0.717) is 30.8 Å². The number of ether oxygens (including phenoxy) is 1. The van der Waals surface area contributed by atoms with Gasteiger partial charge in [-0.05, 0) is 57.4 Å². The van der Waals surface area contributed by atoms with Crippen LogP contribution >= 0.6 is 0 Å². The average molecular weight is 446 g/mol. The Hall–Kier alpha value is -3.22. The van der Waals surface area contributed by atoms with Crippen LogP contribution in [0.1, 0.15) is 48.3 Å². The van der Waals surface area contributed by atoms with Gasteiger partial charge in [0.2, 0.25) is 11.8 Å². The number of carbonyl (C=O) groups excluding carboxylic acids is 1. The lowest BCUT2D eigenvalue weighted by Crippen LogP contribution is -2.31. The number of carbonyl (C=O) groups is 1. The molecule has 2 aromatic heterocycles. The highest BCUT2D eigenvalue weighted by molar-refractivity contribution is 5.78. The first kappa shape index (κ1) is 21.6. The highest BCUT2D eigenvalue weighted by Gasteiger charge is 2.28. The molecule has 172 valence electrons. The van der Waals surface area contributed by atoms with Crippen molar-refractivity contribution >= 4 is 5.91 Å². The van der Waals surface area contributed by atoms with Crippen LogP contribution in [0.25, 0.3) is 11.4 Å². The van der Waals surface area contributed by atoms with E-state index in [4.69, 9.17) is 14.7 Å². The number of benzene rings is 1. The number of rotatable bonds is 7. The molecule has 3 aromatic rings. The lowest BCUT2D eigenvalue weighted by molar-refractivity contribution is -0.125. The molecule has 1 N–H and O–H groups in total. The molecule has 7 nitrogen and oxygen atoms in total. The van der Waals surface area contributed by atoms with Crippen molar-refractivity contribution in [1.29, 1.82) is 0 Å². The van der Waals surface area contributed by atoms with Gasteiger partial charge < -0.3 is 10.1 Å². The summed E-state index contributed by atoms with van der Waals surface area (Å²) in [6, 6.07) is 12.1. The summed E-state index contributed by atoms with van der Waals surface area (Å²) in [7, 11) is 1.91. The van der Waals surface area contributed by atoms with Crippen molar-refractivity contribution < 1.29 is 9.53 Å². The standard InChI is InChI=1S/C26H31N5O2/c1-17-14-21(31(2)30-17)15-27-25(32)20-10-12-22-23(13-11-20)28-24(19-6-4-3-5-7-19)29-26(22)33-16-18-8-9-18/h3-7,14,18,20H,8-13,15-16H2,1-2H3,(H,27,32). The number of nitrogens with one attached hydrogen (secondary N) is 1. The molecular weight excluding hydrogens is 414 g/mol. The molecule has 0 radical (unpaired) electrons. The van der Waals surface area contributed by atoms with E-state index in [9.17, 15) is 4.79 Å². The molecule has 2 heterocycles. The van der Waals surface area contributed by atoms with Crippen LogP contribution < -0.4 is 10.1 Å². The summed E-state index contributed by atoms with van der Waals surface area (Å²) in [6.45, 7) is 3.17. The van der Waals surface area contributed by atoms with Gasteiger partial charge >= 0.3 is 0 Å². The zero-order chi connectivity index (χ0) is 22.8. The van der Waals surface area contributed by atoms with Gasteiger partial charge in [-0.15, -0.1) is 0 Å². The number of aryl methyl sites for hydroxylation is 3. The average Bonchev–Trinajstić information content (AvgIpc) is 3.62. The first-order chi connectivity index (χ1) is 16.1. The van der Waals surface area contributed by atoms with E-state index in [-0.39, 0.29) is 11.8 Å². The van der Waals surface area contributed by atoms with Crippen molar-refractivity contribution in [3.63, 3.8) is 0 Å². The summed E-state index contributed by atoms with van der Waals surface area (Å²) in [6.07, 6.45) is 5.52. The van der Waals surface area contributed by atoms with E-state index in [1.54, 1.807) is 0 Å². The van der Waals surface area contributed by atoms with Crippen molar-refractivity contribution in [3.8, 4) is 17.3 Å². The van der Waals surface area contributed by atoms with Crippen molar-refractivity contribution in [2.75, 3.05) is 6.61 Å². The molecule has 1 atom stereocenters. The van der Waals surface area contributed by atoms with Crippen LogP contribution in [0.15, 0.2) is 36.4 Å². The van der Waals surface area contributed by atoms with Gasteiger partial charge in [0.25, 0.3) is 0 Å². The second-order valence-electron chi connectivity index (χ2n) is 9.29.